The van der Waals surface area contributed by atoms with Crippen molar-refractivity contribution < 1.29 is 29.3 Å². The number of rotatable bonds is 6. The molecule has 0 aliphatic carbocycles. The number of benzene rings is 2. The van der Waals surface area contributed by atoms with Gasteiger partial charge in [-0.2, -0.15) is 0 Å². The van der Waals surface area contributed by atoms with E-state index in [0.29, 0.717) is 6.42 Å². The van der Waals surface area contributed by atoms with E-state index in [9.17, 15) is 19.8 Å². The lowest BCUT2D eigenvalue weighted by Gasteiger charge is -2.09. The maximum absolute atomic E-state index is 11.9. The zero-order valence-electron chi connectivity index (χ0n) is 14.1. The predicted octanol–water partition coefficient (Wildman–Crippen LogP) is 3.04. The zero-order chi connectivity index (χ0) is 18.4. The zero-order valence-corrected chi connectivity index (χ0v) is 14.1. The van der Waals surface area contributed by atoms with Gasteiger partial charge in [0.1, 0.15) is 22.6 Å². The minimum Gasteiger partial charge on any atom is -0.507 e. The van der Waals surface area contributed by atoms with Gasteiger partial charge in [-0.05, 0) is 55.7 Å². The molecule has 0 fully saturated rings. The Bertz CT molecular complexity index is 716. The maximum atomic E-state index is 11.9. The molecule has 0 bridgehead atoms. The van der Waals surface area contributed by atoms with Crippen molar-refractivity contribution in [2.24, 2.45) is 0 Å². The van der Waals surface area contributed by atoms with E-state index in [0.717, 1.165) is 11.1 Å². The first-order valence-electron chi connectivity index (χ1n) is 7.94. The average Bonchev–Trinajstić information content (AvgIpc) is 2.58. The van der Waals surface area contributed by atoms with Crippen molar-refractivity contribution in [3.8, 4) is 11.5 Å². The van der Waals surface area contributed by atoms with Crippen LogP contribution in [-0.4, -0.2) is 35.4 Å². The van der Waals surface area contributed by atoms with Gasteiger partial charge in [-0.25, -0.2) is 9.59 Å². The SMILES string of the molecule is CCOC(=O)c1cc(Cc2ccc(O)c(C(=O)OCC)c2)ccc1O. The van der Waals surface area contributed by atoms with E-state index in [-0.39, 0.29) is 35.8 Å². The summed E-state index contributed by atoms with van der Waals surface area (Å²) in [6.45, 7) is 3.80. The van der Waals surface area contributed by atoms with Crippen molar-refractivity contribution in [2.75, 3.05) is 13.2 Å². The molecule has 0 heterocycles. The summed E-state index contributed by atoms with van der Waals surface area (Å²) in [5.74, 6) is -1.50. The van der Waals surface area contributed by atoms with Gasteiger partial charge in [0.25, 0.3) is 0 Å². The van der Waals surface area contributed by atoms with Crippen molar-refractivity contribution in [1.82, 2.24) is 0 Å². The summed E-state index contributed by atoms with van der Waals surface area (Å²) in [5, 5.41) is 19.6. The number of ether oxygens (including phenoxy) is 2. The lowest BCUT2D eigenvalue weighted by atomic mass is 10.00. The Morgan fingerprint density at radius 1 is 0.800 bits per heavy atom. The summed E-state index contributed by atoms with van der Waals surface area (Å²) in [4.78, 5) is 23.7. The fraction of sp³-hybridized carbons (Fsp3) is 0.263. The fourth-order valence-electron chi connectivity index (χ4n) is 2.37. The molecule has 132 valence electrons. The highest BCUT2D eigenvalue weighted by atomic mass is 16.5. The first-order chi connectivity index (χ1) is 12.0. The predicted molar refractivity (Wildman–Crippen MR) is 90.9 cm³/mol. The molecule has 0 spiro atoms. The minimum atomic E-state index is -0.597. The van der Waals surface area contributed by atoms with Crippen LogP contribution in [0.15, 0.2) is 36.4 Å². The van der Waals surface area contributed by atoms with Gasteiger partial charge in [0.15, 0.2) is 0 Å². The summed E-state index contributed by atoms with van der Waals surface area (Å²) in [6, 6.07) is 9.29. The third-order valence-corrected chi connectivity index (χ3v) is 3.52. The molecular weight excluding hydrogens is 324 g/mol. The van der Waals surface area contributed by atoms with Crippen LogP contribution in [0.1, 0.15) is 45.7 Å². The second-order valence-corrected chi connectivity index (χ2v) is 5.32. The van der Waals surface area contributed by atoms with Crippen molar-refractivity contribution in [2.45, 2.75) is 20.3 Å². The molecule has 2 aromatic rings. The highest BCUT2D eigenvalue weighted by molar-refractivity contribution is 5.93. The molecule has 2 N–H and O–H groups in total. The molecule has 2 rings (SSSR count). The van der Waals surface area contributed by atoms with Gasteiger partial charge >= 0.3 is 11.9 Å². The van der Waals surface area contributed by atoms with Gasteiger partial charge in [-0.15, -0.1) is 0 Å². The quantitative estimate of drug-likeness (QED) is 0.783. The number of aromatic hydroxyl groups is 2. The highest BCUT2D eigenvalue weighted by Crippen LogP contribution is 2.24. The first kappa shape index (κ1) is 18.3. The Morgan fingerprint density at radius 2 is 1.20 bits per heavy atom. The largest absolute Gasteiger partial charge is 0.507 e. The van der Waals surface area contributed by atoms with Gasteiger partial charge < -0.3 is 19.7 Å². The summed E-state index contributed by atoms with van der Waals surface area (Å²) in [6.07, 6.45) is 0.402. The first-order valence-corrected chi connectivity index (χ1v) is 7.94. The van der Waals surface area contributed by atoms with Crippen LogP contribution in [0.5, 0.6) is 11.5 Å². The number of carbonyl (C=O) groups is 2. The monoisotopic (exact) mass is 344 g/mol. The van der Waals surface area contributed by atoms with Crippen LogP contribution < -0.4 is 0 Å². The van der Waals surface area contributed by atoms with E-state index in [1.165, 1.54) is 12.1 Å². The molecule has 0 aliphatic heterocycles. The fourth-order valence-corrected chi connectivity index (χ4v) is 2.37. The summed E-state index contributed by atoms with van der Waals surface area (Å²) in [7, 11) is 0. The van der Waals surface area contributed by atoms with Crippen LogP contribution in [-0.2, 0) is 15.9 Å². The molecule has 0 aliphatic rings. The molecule has 0 aromatic heterocycles. The third-order valence-electron chi connectivity index (χ3n) is 3.52. The topological polar surface area (TPSA) is 93.1 Å². The van der Waals surface area contributed by atoms with Crippen LogP contribution in [0.2, 0.25) is 0 Å². The molecule has 6 nitrogen and oxygen atoms in total. The molecule has 0 unspecified atom stereocenters. The van der Waals surface area contributed by atoms with Crippen molar-refractivity contribution in [3.63, 3.8) is 0 Å². The number of hydrogen-bond donors (Lipinski definition) is 2. The molecule has 0 saturated carbocycles. The molecule has 0 saturated heterocycles. The standard InChI is InChI=1S/C19H20O6/c1-3-24-18(22)14-10-12(5-7-16(14)20)9-13-6-8-17(21)15(11-13)19(23)25-4-2/h5-8,10-11,20-21H,3-4,9H2,1-2H3. The molecule has 25 heavy (non-hydrogen) atoms. The molecule has 0 amide bonds. The second-order valence-electron chi connectivity index (χ2n) is 5.32. The van der Waals surface area contributed by atoms with E-state index in [4.69, 9.17) is 9.47 Å². The van der Waals surface area contributed by atoms with Gasteiger partial charge in [0.05, 0.1) is 13.2 Å². The lowest BCUT2D eigenvalue weighted by molar-refractivity contribution is 0.0513. The lowest BCUT2D eigenvalue weighted by Crippen LogP contribution is -2.07. The van der Waals surface area contributed by atoms with Crippen LogP contribution >= 0.6 is 0 Å². The smallest absolute Gasteiger partial charge is 0.341 e. The number of phenols is 2. The minimum absolute atomic E-state index is 0.0868. The van der Waals surface area contributed by atoms with E-state index in [2.05, 4.69) is 0 Å². The van der Waals surface area contributed by atoms with Crippen molar-refractivity contribution in [1.29, 1.82) is 0 Å². The molecule has 0 radical (unpaired) electrons. The van der Waals surface area contributed by atoms with E-state index < -0.39 is 11.9 Å². The van der Waals surface area contributed by atoms with Crippen molar-refractivity contribution >= 4 is 11.9 Å². The normalized spacial score (nSPS) is 10.3. The van der Waals surface area contributed by atoms with E-state index in [1.54, 1.807) is 38.1 Å². The molecule has 0 atom stereocenters. The van der Waals surface area contributed by atoms with Gasteiger partial charge in [0, 0.05) is 0 Å². The maximum Gasteiger partial charge on any atom is 0.341 e. The molecule has 6 heteroatoms. The molecular formula is C19H20O6. The number of hydrogen-bond acceptors (Lipinski definition) is 6. The van der Waals surface area contributed by atoms with Crippen molar-refractivity contribution in [3.05, 3.63) is 58.7 Å². The Kier molecular flexibility index (Phi) is 6.00. The Hall–Kier alpha value is -3.02. The number of phenolic OH excluding ortho intramolecular Hbond substituents is 2. The Balaban J connectivity index is 2.28. The van der Waals surface area contributed by atoms with Crippen LogP contribution in [0, 0.1) is 0 Å². The number of carbonyl (C=O) groups excluding carboxylic acids is 2. The number of esters is 2. The summed E-state index contributed by atoms with van der Waals surface area (Å²) < 4.78 is 9.83. The van der Waals surface area contributed by atoms with Crippen LogP contribution in [0.25, 0.3) is 0 Å². The van der Waals surface area contributed by atoms with E-state index >= 15 is 0 Å². The Morgan fingerprint density at radius 3 is 1.56 bits per heavy atom. The average molecular weight is 344 g/mol. The third kappa shape index (κ3) is 4.50. The summed E-state index contributed by atoms with van der Waals surface area (Å²) >= 11 is 0. The van der Waals surface area contributed by atoms with E-state index in [1.807, 2.05) is 0 Å². The van der Waals surface area contributed by atoms with Crippen LogP contribution in [0.3, 0.4) is 0 Å². The van der Waals surface area contributed by atoms with Gasteiger partial charge in [-0.3, -0.25) is 0 Å². The van der Waals surface area contributed by atoms with Crippen LogP contribution in [0.4, 0.5) is 0 Å². The highest BCUT2D eigenvalue weighted by Gasteiger charge is 2.15. The van der Waals surface area contributed by atoms with Gasteiger partial charge in [0.2, 0.25) is 0 Å². The Labute approximate surface area is 145 Å². The van der Waals surface area contributed by atoms with Gasteiger partial charge in [-0.1, -0.05) is 12.1 Å². The molecule has 2 aromatic carbocycles. The second kappa shape index (κ2) is 8.19. The summed E-state index contributed by atoms with van der Waals surface area (Å²) in [5.41, 5.74) is 1.68.